The number of nitrogens with zero attached hydrogens (tertiary/aromatic N) is 2. The predicted octanol–water partition coefficient (Wildman–Crippen LogP) is 1.68. The summed E-state index contributed by atoms with van der Waals surface area (Å²) in [7, 11) is -1.80. The molecule has 1 fully saturated rings. The number of aliphatic hydroxyl groups is 1. The van der Waals surface area contributed by atoms with Gasteiger partial charge >= 0.3 is 0 Å². The molecule has 1 amide bonds. The van der Waals surface area contributed by atoms with Gasteiger partial charge < -0.3 is 10.0 Å². The van der Waals surface area contributed by atoms with E-state index in [4.69, 9.17) is 0 Å². The SMILES string of the molecule is C/C=C/c1ccc([C@H]2[C@@H](CO)N(C(C)=O)[C@H]2CN(C)S(=O)(=O)CC)cc1. The molecule has 0 saturated carbocycles. The monoisotopic (exact) mass is 380 g/mol. The molecular formula is C19H28N2O4S. The highest BCUT2D eigenvalue weighted by molar-refractivity contribution is 7.89. The van der Waals surface area contributed by atoms with E-state index in [0.717, 1.165) is 11.1 Å². The van der Waals surface area contributed by atoms with E-state index in [1.54, 1.807) is 11.8 Å². The third-order valence-electron chi connectivity index (χ3n) is 5.06. The van der Waals surface area contributed by atoms with Crippen LogP contribution < -0.4 is 0 Å². The molecule has 1 N–H and O–H groups in total. The second-order valence-electron chi connectivity index (χ2n) is 6.62. The minimum atomic E-state index is -3.34. The van der Waals surface area contributed by atoms with Gasteiger partial charge in [0, 0.05) is 26.4 Å². The quantitative estimate of drug-likeness (QED) is 0.781. The Morgan fingerprint density at radius 3 is 2.35 bits per heavy atom. The molecule has 0 aromatic heterocycles. The Hall–Kier alpha value is -1.70. The highest BCUT2D eigenvalue weighted by Crippen LogP contribution is 2.41. The fourth-order valence-electron chi connectivity index (χ4n) is 3.68. The lowest BCUT2D eigenvalue weighted by Gasteiger charge is -2.55. The molecule has 1 aliphatic heterocycles. The number of carbonyl (C=O) groups is 1. The maximum absolute atomic E-state index is 12.1. The average Bonchev–Trinajstić information content (AvgIpc) is 2.59. The van der Waals surface area contributed by atoms with E-state index < -0.39 is 10.0 Å². The molecule has 0 radical (unpaired) electrons. The molecule has 2 rings (SSSR count). The molecule has 1 aromatic carbocycles. The largest absolute Gasteiger partial charge is 0.394 e. The summed E-state index contributed by atoms with van der Waals surface area (Å²) in [6.07, 6.45) is 3.95. The zero-order valence-electron chi connectivity index (χ0n) is 15.8. The Balaban J connectivity index is 2.32. The number of carbonyl (C=O) groups excluding carboxylic acids is 1. The van der Waals surface area contributed by atoms with E-state index in [1.807, 2.05) is 43.3 Å². The Morgan fingerprint density at radius 1 is 1.27 bits per heavy atom. The van der Waals surface area contributed by atoms with Gasteiger partial charge in [-0.05, 0) is 25.0 Å². The van der Waals surface area contributed by atoms with Crippen LogP contribution in [0.2, 0.25) is 0 Å². The number of rotatable bonds is 7. The standard InChI is InChI=1S/C19H28N2O4S/c1-5-7-15-8-10-16(11-9-15)19-17(12-20(4)26(24,25)6-2)21(14(3)23)18(19)13-22/h5,7-11,17-19,22H,6,12-13H2,1-4H3/b7-5+/t17-,18+,19+/m0/s1. The summed E-state index contributed by atoms with van der Waals surface area (Å²) >= 11 is 0. The molecule has 26 heavy (non-hydrogen) atoms. The first-order valence-corrected chi connectivity index (χ1v) is 10.4. The highest BCUT2D eigenvalue weighted by atomic mass is 32.2. The van der Waals surface area contributed by atoms with Crippen LogP contribution in [0.25, 0.3) is 6.08 Å². The summed E-state index contributed by atoms with van der Waals surface area (Å²) in [6, 6.07) is 7.34. The van der Waals surface area contributed by atoms with Crippen LogP contribution in [-0.2, 0) is 14.8 Å². The smallest absolute Gasteiger partial charge is 0.220 e. The van der Waals surface area contributed by atoms with Crippen molar-refractivity contribution in [3.05, 3.63) is 41.5 Å². The van der Waals surface area contributed by atoms with Gasteiger partial charge in [0.25, 0.3) is 0 Å². The van der Waals surface area contributed by atoms with Crippen molar-refractivity contribution in [2.45, 2.75) is 38.8 Å². The van der Waals surface area contributed by atoms with Gasteiger partial charge in [0.15, 0.2) is 0 Å². The summed E-state index contributed by atoms with van der Waals surface area (Å²) < 4.78 is 25.6. The Morgan fingerprint density at radius 2 is 1.88 bits per heavy atom. The molecule has 0 spiro atoms. The molecular weight excluding hydrogens is 352 g/mol. The van der Waals surface area contributed by atoms with Crippen LogP contribution in [0.5, 0.6) is 0 Å². The third kappa shape index (κ3) is 4.00. The molecule has 144 valence electrons. The van der Waals surface area contributed by atoms with E-state index in [1.165, 1.54) is 18.3 Å². The lowest BCUT2D eigenvalue weighted by molar-refractivity contribution is -0.148. The lowest BCUT2D eigenvalue weighted by atomic mass is 9.75. The second-order valence-corrected chi connectivity index (χ2v) is 8.98. The minimum Gasteiger partial charge on any atom is -0.394 e. The number of benzene rings is 1. The molecule has 7 heteroatoms. The van der Waals surface area contributed by atoms with Crippen LogP contribution in [0.1, 0.15) is 37.8 Å². The van der Waals surface area contributed by atoms with E-state index in [9.17, 15) is 18.3 Å². The number of aliphatic hydroxyl groups excluding tert-OH is 1. The summed E-state index contributed by atoms with van der Waals surface area (Å²) in [5, 5.41) is 9.80. The number of allylic oxidation sites excluding steroid dienone is 1. The van der Waals surface area contributed by atoms with Crippen LogP contribution in [0, 0.1) is 0 Å². The molecule has 0 bridgehead atoms. The number of amides is 1. The number of likely N-dealkylation sites (N-methyl/N-ethyl adjacent to an activating group) is 1. The molecule has 1 aromatic rings. The van der Waals surface area contributed by atoms with Crippen LogP contribution in [0.4, 0.5) is 0 Å². The van der Waals surface area contributed by atoms with E-state index in [0.29, 0.717) is 0 Å². The van der Waals surface area contributed by atoms with Gasteiger partial charge in [-0.15, -0.1) is 0 Å². The first kappa shape index (κ1) is 20.6. The summed E-state index contributed by atoms with van der Waals surface area (Å²) in [5.74, 6) is -0.237. The van der Waals surface area contributed by atoms with Crippen LogP contribution in [0.15, 0.2) is 30.3 Å². The number of hydrogen-bond acceptors (Lipinski definition) is 4. The molecule has 0 aliphatic carbocycles. The zero-order chi connectivity index (χ0) is 19.5. The van der Waals surface area contributed by atoms with Crippen molar-refractivity contribution in [3.8, 4) is 0 Å². The van der Waals surface area contributed by atoms with E-state index in [-0.39, 0.29) is 42.8 Å². The highest BCUT2D eigenvalue weighted by Gasteiger charge is 2.50. The maximum Gasteiger partial charge on any atom is 0.220 e. The van der Waals surface area contributed by atoms with Gasteiger partial charge in [-0.1, -0.05) is 36.4 Å². The van der Waals surface area contributed by atoms with Crippen LogP contribution >= 0.6 is 0 Å². The Bertz CT molecular complexity index is 758. The van der Waals surface area contributed by atoms with Crippen molar-refractivity contribution in [3.63, 3.8) is 0 Å². The van der Waals surface area contributed by atoms with Crippen molar-refractivity contribution in [1.29, 1.82) is 0 Å². The van der Waals surface area contributed by atoms with Gasteiger partial charge in [0.2, 0.25) is 15.9 Å². The predicted molar refractivity (Wildman–Crippen MR) is 103 cm³/mol. The number of sulfonamides is 1. The average molecular weight is 381 g/mol. The van der Waals surface area contributed by atoms with Crippen LogP contribution in [-0.4, -0.2) is 66.7 Å². The molecule has 3 atom stereocenters. The van der Waals surface area contributed by atoms with Crippen molar-refractivity contribution in [2.75, 3.05) is 26.0 Å². The second kappa shape index (κ2) is 8.33. The summed E-state index contributed by atoms with van der Waals surface area (Å²) in [4.78, 5) is 13.7. The van der Waals surface area contributed by atoms with Gasteiger partial charge in [-0.3, -0.25) is 4.79 Å². The summed E-state index contributed by atoms with van der Waals surface area (Å²) in [6.45, 7) is 5.07. The Labute approximate surface area is 156 Å². The lowest BCUT2D eigenvalue weighted by Crippen LogP contribution is -2.68. The van der Waals surface area contributed by atoms with E-state index in [2.05, 4.69) is 0 Å². The van der Waals surface area contributed by atoms with Crippen LogP contribution in [0.3, 0.4) is 0 Å². The number of hydrogen-bond donors (Lipinski definition) is 1. The zero-order valence-corrected chi connectivity index (χ0v) is 16.6. The first-order valence-electron chi connectivity index (χ1n) is 8.83. The Kier molecular flexibility index (Phi) is 6.60. The van der Waals surface area contributed by atoms with Crippen molar-refractivity contribution in [2.24, 2.45) is 0 Å². The molecule has 1 saturated heterocycles. The van der Waals surface area contributed by atoms with Gasteiger partial charge in [-0.25, -0.2) is 12.7 Å². The molecule has 1 aliphatic rings. The van der Waals surface area contributed by atoms with Gasteiger partial charge in [-0.2, -0.15) is 0 Å². The topological polar surface area (TPSA) is 77.9 Å². The van der Waals surface area contributed by atoms with E-state index >= 15 is 0 Å². The maximum atomic E-state index is 12.1. The molecule has 1 heterocycles. The fraction of sp³-hybridized carbons (Fsp3) is 0.526. The molecule has 6 nitrogen and oxygen atoms in total. The minimum absolute atomic E-state index is 0.0163. The number of likely N-dealkylation sites (tertiary alicyclic amines) is 1. The van der Waals surface area contributed by atoms with Crippen molar-refractivity contribution in [1.82, 2.24) is 9.21 Å². The molecule has 0 unspecified atom stereocenters. The van der Waals surface area contributed by atoms with Crippen molar-refractivity contribution < 1.29 is 18.3 Å². The third-order valence-corrected chi connectivity index (χ3v) is 6.89. The summed E-state index contributed by atoms with van der Waals surface area (Å²) in [5.41, 5.74) is 2.07. The fourth-order valence-corrected chi connectivity index (χ4v) is 4.50. The van der Waals surface area contributed by atoms with Crippen molar-refractivity contribution >= 4 is 22.0 Å². The normalized spacial score (nSPS) is 23.5. The first-order chi connectivity index (χ1) is 12.3. The van der Waals surface area contributed by atoms with Gasteiger partial charge in [0.05, 0.1) is 24.4 Å². The van der Waals surface area contributed by atoms with Gasteiger partial charge in [0.1, 0.15) is 0 Å².